The molecule has 2 amide bonds. The van der Waals surface area contributed by atoms with E-state index in [-0.39, 0.29) is 43.0 Å². The van der Waals surface area contributed by atoms with E-state index in [9.17, 15) is 30.8 Å². The Balaban J connectivity index is 1.10. The minimum atomic E-state index is -4.58. The molecule has 1 N–H and O–H groups in total. The number of likely N-dealkylation sites (tertiary alicyclic amines) is 2. The molecule has 12 heteroatoms. The van der Waals surface area contributed by atoms with E-state index in [1.54, 1.807) is 9.80 Å². The Morgan fingerprint density at radius 1 is 1.12 bits per heavy atom. The highest BCUT2D eigenvalue weighted by molar-refractivity contribution is 7.89. The van der Waals surface area contributed by atoms with Crippen molar-refractivity contribution in [1.29, 1.82) is 0 Å². The Bertz CT molecular complexity index is 1040. The summed E-state index contributed by atoms with van der Waals surface area (Å²) in [6.45, 7) is 1.91. The largest absolute Gasteiger partial charge is 0.416 e. The SMILES string of the molecule is O=C(N1CC2(CC(Cc3cc(F)cc(C(F)(F)F)c3)C2)C1)N1CC2(COCS(=O)(=O)N2)C1. The van der Waals surface area contributed by atoms with Crippen LogP contribution in [0.4, 0.5) is 22.4 Å². The molecule has 0 radical (unpaired) electrons. The molecular weight excluding hydrogens is 454 g/mol. The Labute approximate surface area is 182 Å². The predicted octanol–water partition coefficient (Wildman–Crippen LogP) is 2.18. The zero-order valence-corrected chi connectivity index (χ0v) is 17.9. The molecule has 1 saturated carbocycles. The van der Waals surface area contributed by atoms with E-state index < -0.39 is 33.1 Å². The number of nitrogens with one attached hydrogen (secondary N) is 1. The molecule has 32 heavy (non-hydrogen) atoms. The summed E-state index contributed by atoms with van der Waals surface area (Å²) in [7, 11) is -3.48. The van der Waals surface area contributed by atoms with Crippen molar-refractivity contribution in [1.82, 2.24) is 14.5 Å². The first kappa shape index (κ1) is 21.9. The van der Waals surface area contributed by atoms with Gasteiger partial charge in [-0.15, -0.1) is 0 Å². The topological polar surface area (TPSA) is 79.0 Å². The van der Waals surface area contributed by atoms with Crippen LogP contribution in [0.1, 0.15) is 24.0 Å². The van der Waals surface area contributed by atoms with Crippen LogP contribution in [0.5, 0.6) is 0 Å². The Hall–Kier alpha value is -1.92. The summed E-state index contributed by atoms with van der Waals surface area (Å²) in [6, 6.07) is 2.52. The van der Waals surface area contributed by atoms with E-state index in [2.05, 4.69) is 4.72 Å². The van der Waals surface area contributed by atoms with Crippen molar-refractivity contribution in [2.75, 3.05) is 38.7 Å². The van der Waals surface area contributed by atoms with E-state index in [0.717, 1.165) is 25.0 Å². The van der Waals surface area contributed by atoms with Gasteiger partial charge in [0, 0.05) is 31.6 Å². The van der Waals surface area contributed by atoms with E-state index in [1.165, 1.54) is 0 Å². The molecule has 3 aliphatic heterocycles. The molecule has 4 fully saturated rings. The lowest BCUT2D eigenvalue weighted by Gasteiger charge is -2.61. The molecule has 1 aromatic carbocycles. The van der Waals surface area contributed by atoms with Gasteiger partial charge < -0.3 is 14.5 Å². The summed E-state index contributed by atoms with van der Waals surface area (Å²) >= 11 is 0. The molecule has 3 saturated heterocycles. The molecule has 5 rings (SSSR count). The van der Waals surface area contributed by atoms with Crippen LogP contribution in [0.15, 0.2) is 18.2 Å². The maximum atomic E-state index is 13.6. The lowest BCUT2D eigenvalue weighted by molar-refractivity contribution is -0.137. The second-order valence-corrected chi connectivity index (χ2v) is 11.5. The summed E-state index contributed by atoms with van der Waals surface area (Å²) < 4.78 is 83.4. The van der Waals surface area contributed by atoms with Crippen LogP contribution in [0, 0.1) is 17.2 Å². The van der Waals surface area contributed by atoms with Gasteiger partial charge in [0.1, 0.15) is 5.82 Å². The van der Waals surface area contributed by atoms with E-state index >= 15 is 0 Å². The van der Waals surface area contributed by atoms with Gasteiger partial charge in [0.25, 0.3) is 0 Å². The van der Waals surface area contributed by atoms with E-state index in [4.69, 9.17) is 4.74 Å². The second-order valence-electron chi connectivity index (χ2n) is 9.78. The Morgan fingerprint density at radius 2 is 1.78 bits per heavy atom. The lowest BCUT2D eigenvalue weighted by atomic mass is 9.56. The van der Waals surface area contributed by atoms with Crippen molar-refractivity contribution >= 4 is 16.1 Å². The summed E-state index contributed by atoms with van der Waals surface area (Å²) in [6.07, 6.45) is -2.63. The smallest absolute Gasteiger partial charge is 0.362 e. The first-order chi connectivity index (χ1) is 14.9. The molecule has 1 aromatic rings. The third-order valence-electron chi connectivity index (χ3n) is 6.82. The van der Waals surface area contributed by atoms with Crippen molar-refractivity contribution in [3.63, 3.8) is 0 Å². The summed E-state index contributed by atoms with van der Waals surface area (Å²) in [5.41, 5.74) is -1.39. The molecule has 1 aliphatic carbocycles. The minimum Gasteiger partial charge on any atom is -0.362 e. The highest BCUT2D eigenvalue weighted by Crippen LogP contribution is 2.53. The maximum absolute atomic E-state index is 13.6. The lowest BCUT2D eigenvalue weighted by Crippen LogP contribution is -2.77. The van der Waals surface area contributed by atoms with Gasteiger partial charge in [-0.05, 0) is 48.9 Å². The number of amides is 2. The molecule has 4 aliphatic rings. The number of ether oxygens (including phenoxy) is 1. The Kier molecular flexibility index (Phi) is 4.82. The number of sulfonamides is 1. The Morgan fingerprint density at radius 3 is 2.41 bits per heavy atom. The van der Waals surface area contributed by atoms with Crippen LogP contribution < -0.4 is 4.72 Å². The fourth-order valence-corrected chi connectivity index (χ4v) is 6.85. The van der Waals surface area contributed by atoms with Crippen molar-refractivity contribution in [2.45, 2.75) is 31.0 Å². The fourth-order valence-electron chi connectivity index (χ4n) is 5.64. The number of rotatable bonds is 2. The van der Waals surface area contributed by atoms with E-state index in [0.29, 0.717) is 31.1 Å². The summed E-state index contributed by atoms with van der Waals surface area (Å²) in [4.78, 5) is 16.0. The molecule has 3 heterocycles. The molecular formula is C20H23F4N3O4S. The van der Waals surface area contributed by atoms with E-state index in [1.807, 2.05) is 0 Å². The molecule has 2 spiro atoms. The fraction of sp³-hybridized carbons (Fsp3) is 0.650. The number of alkyl halides is 3. The monoisotopic (exact) mass is 477 g/mol. The highest BCUT2D eigenvalue weighted by atomic mass is 32.2. The van der Waals surface area contributed by atoms with Crippen molar-refractivity contribution in [3.05, 3.63) is 35.1 Å². The number of hydrogen-bond donors (Lipinski definition) is 1. The molecule has 0 atom stereocenters. The molecule has 7 nitrogen and oxygen atoms in total. The zero-order valence-electron chi connectivity index (χ0n) is 17.1. The van der Waals surface area contributed by atoms with Crippen LogP contribution in [-0.4, -0.2) is 68.5 Å². The number of urea groups is 1. The van der Waals surface area contributed by atoms with Crippen LogP contribution in [0.2, 0.25) is 0 Å². The van der Waals surface area contributed by atoms with Crippen LogP contribution in [0.3, 0.4) is 0 Å². The normalized spacial score (nSPS) is 25.9. The van der Waals surface area contributed by atoms with Crippen LogP contribution in [-0.2, 0) is 27.4 Å². The van der Waals surface area contributed by atoms with Crippen LogP contribution >= 0.6 is 0 Å². The van der Waals surface area contributed by atoms with Crippen molar-refractivity contribution < 1.29 is 35.5 Å². The quantitative estimate of drug-likeness (QED) is 0.663. The van der Waals surface area contributed by atoms with Gasteiger partial charge >= 0.3 is 12.2 Å². The first-order valence-corrected chi connectivity index (χ1v) is 12.0. The van der Waals surface area contributed by atoms with Gasteiger partial charge in [-0.1, -0.05) is 0 Å². The molecule has 0 unspecified atom stereocenters. The molecule has 176 valence electrons. The van der Waals surface area contributed by atoms with Gasteiger partial charge in [0.15, 0.2) is 5.94 Å². The van der Waals surface area contributed by atoms with Crippen molar-refractivity contribution in [3.8, 4) is 0 Å². The maximum Gasteiger partial charge on any atom is 0.416 e. The molecule has 0 bridgehead atoms. The number of hydrogen-bond acceptors (Lipinski definition) is 4. The standard InChI is InChI=1S/C20H23F4N3O4S/c21-16-3-13(2-15(4-16)20(22,23)24)1-14-5-18(6-14)7-26(8-18)17(28)27-9-19(10-27)11-31-12-32(29,30)25-19/h2-4,14,25H,1,5-12H2. The number of halogens is 4. The number of benzene rings is 1. The number of carbonyl (C=O) groups is 1. The minimum absolute atomic E-state index is 0.0153. The summed E-state index contributed by atoms with van der Waals surface area (Å²) in [5.74, 6) is -1.09. The van der Waals surface area contributed by atoms with Gasteiger partial charge in [0.05, 0.1) is 17.7 Å². The first-order valence-electron chi connectivity index (χ1n) is 10.4. The molecule has 0 aromatic heterocycles. The third kappa shape index (κ3) is 3.96. The van der Waals surface area contributed by atoms with Crippen molar-refractivity contribution in [2.24, 2.45) is 11.3 Å². The zero-order chi connectivity index (χ0) is 22.9. The average Bonchev–Trinajstić information content (AvgIpc) is 2.57. The van der Waals surface area contributed by atoms with Gasteiger partial charge in [0.2, 0.25) is 10.0 Å². The number of carbonyl (C=O) groups excluding carboxylic acids is 1. The van der Waals surface area contributed by atoms with Gasteiger partial charge in [-0.2, -0.15) is 13.2 Å². The van der Waals surface area contributed by atoms with Gasteiger partial charge in [-0.25, -0.2) is 22.3 Å². The number of nitrogens with zero attached hydrogens (tertiary/aromatic N) is 2. The second kappa shape index (κ2) is 7.04. The van der Waals surface area contributed by atoms with Gasteiger partial charge in [-0.3, -0.25) is 0 Å². The highest BCUT2D eigenvalue weighted by Gasteiger charge is 2.57. The van der Waals surface area contributed by atoms with Crippen LogP contribution in [0.25, 0.3) is 0 Å². The summed E-state index contributed by atoms with van der Waals surface area (Å²) in [5, 5.41) is 0. The average molecular weight is 477 g/mol. The third-order valence-corrected chi connectivity index (χ3v) is 8.04. The predicted molar refractivity (Wildman–Crippen MR) is 104 cm³/mol.